The number of aliphatic hydroxyl groups is 1. The maximum atomic E-state index is 12.2. The lowest BCUT2D eigenvalue weighted by atomic mass is 9.97. The SMILES string of the molecule is CCC(O)(CC)CNC(=O)c1n[nH]c(=O)c2ccccc12. The highest BCUT2D eigenvalue weighted by Gasteiger charge is 2.24. The Bertz CT molecular complexity index is 705. The predicted octanol–water partition coefficient (Wildman–Crippen LogP) is 1.20. The Kier molecular flexibility index (Phi) is 4.37. The number of hydrogen-bond acceptors (Lipinski definition) is 4. The summed E-state index contributed by atoms with van der Waals surface area (Å²) < 4.78 is 0. The molecule has 0 unspecified atom stereocenters. The van der Waals surface area contributed by atoms with Crippen molar-refractivity contribution in [2.45, 2.75) is 32.3 Å². The van der Waals surface area contributed by atoms with Gasteiger partial charge in [-0.25, -0.2) is 5.10 Å². The molecule has 0 bridgehead atoms. The fourth-order valence-corrected chi connectivity index (χ4v) is 2.12. The van der Waals surface area contributed by atoms with Crippen LogP contribution in [0.1, 0.15) is 37.2 Å². The summed E-state index contributed by atoms with van der Waals surface area (Å²) in [5, 5.41) is 19.9. The van der Waals surface area contributed by atoms with Gasteiger partial charge in [0, 0.05) is 11.9 Å². The number of hydrogen-bond donors (Lipinski definition) is 3. The number of nitrogens with zero attached hydrogens (tertiary/aromatic N) is 1. The van der Waals surface area contributed by atoms with Gasteiger partial charge in [0.1, 0.15) is 0 Å². The first-order valence-electron chi connectivity index (χ1n) is 6.98. The van der Waals surface area contributed by atoms with Crippen molar-refractivity contribution in [2.75, 3.05) is 6.54 Å². The molecule has 1 aromatic heterocycles. The summed E-state index contributed by atoms with van der Waals surface area (Å²) in [5.74, 6) is -0.414. The van der Waals surface area contributed by atoms with Gasteiger partial charge in [0.15, 0.2) is 5.69 Å². The van der Waals surface area contributed by atoms with Gasteiger partial charge >= 0.3 is 0 Å². The number of benzene rings is 1. The number of aromatic amines is 1. The molecule has 112 valence electrons. The monoisotopic (exact) mass is 289 g/mol. The number of nitrogens with one attached hydrogen (secondary N) is 2. The first-order valence-corrected chi connectivity index (χ1v) is 6.98. The Morgan fingerprint density at radius 3 is 2.52 bits per heavy atom. The van der Waals surface area contributed by atoms with Crippen molar-refractivity contribution >= 4 is 16.7 Å². The van der Waals surface area contributed by atoms with Crippen molar-refractivity contribution in [1.82, 2.24) is 15.5 Å². The average molecular weight is 289 g/mol. The van der Waals surface area contributed by atoms with Gasteiger partial charge < -0.3 is 10.4 Å². The molecule has 0 saturated carbocycles. The summed E-state index contributed by atoms with van der Waals surface area (Å²) in [6.45, 7) is 3.88. The molecule has 0 aliphatic rings. The Hall–Kier alpha value is -2.21. The zero-order valence-corrected chi connectivity index (χ0v) is 12.1. The van der Waals surface area contributed by atoms with Gasteiger partial charge in [0.2, 0.25) is 0 Å². The molecule has 21 heavy (non-hydrogen) atoms. The quantitative estimate of drug-likeness (QED) is 0.771. The van der Waals surface area contributed by atoms with Crippen LogP contribution in [-0.2, 0) is 0 Å². The molecule has 1 heterocycles. The van der Waals surface area contributed by atoms with E-state index in [0.29, 0.717) is 23.6 Å². The highest BCUT2D eigenvalue weighted by Crippen LogP contribution is 2.15. The van der Waals surface area contributed by atoms with Crippen molar-refractivity contribution in [3.8, 4) is 0 Å². The van der Waals surface area contributed by atoms with Crippen LogP contribution in [0.2, 0.25) is 0 Å². The van der Waals surface area contributed by atoms with Crippen molar-refractivity contribution in [3.05, 3.63) is 40.3 Å². The molecule has 1 amide bonds. The summed E-state index contributed by atoms with van der Waals surface area (Å²) in [6.07, 6.45) is 1.09. The molecule has 6 heteroatoms. The standard InChI is InChI=1S/C15H19N3O3/c1-3-15(21,4-2)9-16-14(20)12-10-7-5-6-8-11(10)13(19)18-17-12/h5-8,21H,3-4,9H2,1-2H3,(H,16,20)(H,18,19). The molecule has 0 atom stereocenters. The van der Waals surface area contributed by atoms with Gasteiger partial charge in [-0.05, 0) is 18.9 Å². The van der Waals surface area contributed by atoms with E-state index in [0.717, 1.165) is 0 Å². The van der Waals surface area contributed by atoms with Crippen molar-refractivity contribution < 1.29 is 9.90 Å². The summed E-state index contributed by atoms with van der Waals surface area (Å²) in [5.41, 5.74) is -1.10. The zero-order chi connectivity index (χ0) is 15.5. The van der Waals surface area contributed by atoms with Crippen LogP contribution >= 0.6 is 0 Å². The maximum Gasteiger partial charge on any atom is 0.272 e. The normalized spacial score (nSPS) is 11.6. The van der Waals surface area contributed by atoms with Gasteiger partial charge in [0.05, 0.1) is 11.0 Å². The van der Waals surface area contributed by atoms with E-state index < -0.39 is 11.5 Å². The minimum atomic E-state index is -0.923. The molecular weight excluding hydrogens is 270 g/mol. The molecule has 2 rings (SSSR count). The molecule has 1 aromatic carbocycles. The van der Waals surface area contributed by atoms with Gasteiger partial charge in [0.25, 0.3) is 11.5 Å². The second-order valence-electron chi connectivity index (χ2n) is 5.06. The number of carbonyl (C=O) groups is 1. The summed E-state index contributed by atoms with van der Waals surface area (Å²) in [4.78, 5) is 23.9. The lowest BCUT2D eigenvalue weighted by molar-refractivity contribution is 0.0313. The number of amides is 1. The Morgan fingerprint density at radius 1 is 1.29 bits per heavy atom. The Balaban J connectivity index is 2.29. The first kappa shape index (κ1) is 15.2. The Morgan fingerprint density at radius 2 is 1.90 bits per heavy atom. The summed E-state index contributed by atoms with van der Waals surface area (Å²) in [6, 6.07) is 6.79. The molecule has 3 N–H and O–H groups in total. The lowest BCUT2D eigenvalue weighted by Gasteiger charge is -2.25. The van der Waals surface area contributed by atoms with Crippen molar-refractivity contribution in [3.63, 3.8) is 0 Å². The number of fused-ring (bicyclic) bond motifs is 1. The van der Waals surface area contributed by atoms with Crippen molar-refractivity contribution in [1.29, 1.82) is 0 Å². The fourth-order valence-electron chi connectivity index (χ4n) is 2.12. The zero-order valence-electron chi connectivity index (χ0n) is 12.1. The van der Waals surface area contributed by atoms with Crippen LogP contribution in [0, 0.1) is 0 Å². The molecule has 0 aliphatic carbocycles. The fraction of sp³-hybridized carbons (Fsp3) is 0.400. The van der Waals surface area contributed by atoms with E-state index in [9.17, 15) is 14.7 Å². The molecule has 0 saturated heterocycles. The third kappa shape index (κ3) is 3.11. The number of rotatable bonds is 5. The topological polar surface area (TPSA) is 95.1 Å². The smallest absolute Gasteiger partial charge is 0.272 e. The van der Waals surface area contributed by atoms with Crippen molar-refractivity contribution in [2.24, 2.45) is 0 Å². The number of carbonyl (C=O) groups excluding carboxylic acids is 1. The van der Waals surface area contributed by atoms with Crippen LogP contribution in [-0.4, -0.2) is 33.4 Å². The summed E-state index contributed by atoms with van der Waals surface area (Å²) in [7, 11) is 0. The molecule has 2 aromatic rings. The van der Waals surface area contributed by atoms with Crippen LogP contribution in [0.4, 0.5) is 0 Å². The second-order valence-corrected chi connectivity index (χ2v) is 5.06. The van der Waals surface area contributed by atoms with Gasteiger partial charge in [-0.3, -0.25) is 9.59 Å². The third-order valence-electron chi connectivity index (χ3n) is 3.81. The van der Waals surface area contributed by atoms with Crippen LogP contribution in [0.5, 0.6) is 0 Å². The Labute approximate surface area is 122 Å². The van der Waals surface area contributed by atoms with E-state index in [2.05, 4.69) is 15.5 Å². The highest BCUT2D eigenvalue weighted by atomic mass is 16.3. The molecule has 0 aliphatic heterocycles. The average Bonchev–Trinajstić information content (AvgIpc) is 2.53. The number of H-pyrrole nitrogens is 1. The number of aromatic nitrogens is 2. The maximum absolute atomic E-state index is 12.2. The van der Waals surface area contributed by atoms with E-state index in [-0.39, 0.29) is 17.8 Å². The van der Waals surface area contributed by atoms with Crippen LogP contribution < -0.4 is 10.9 Å². The molecule has 0 fully saturated rings. The van der Waals surface area contributed by atoms with Crippen LogP contribution in [0.3, 0.4) is 0 Å². The van der Waals surface area contributed by atoms with Gasteiger partial charge in [-0.1, -0.05) is 32.0 Å². The second kappa shape index (κ2) is 6.05. The lowest BCUT2D eigenvalue weighted by Crippen LogP contribution is -2.42. The summed E-state index contributed by atoms with van der Waals surface area (Å²) >= 11 is 0. The van der Waals surface area contributed by atoms with E-state index in [4.69, 9.17) is 0 Å². The molecule has 6 nitrogen and oxygen atoms in total. The molecular formula is C15H19N3O3. The first-order chi connectivity index (χ1) is 10.0. The molecule has 0 radical (unpaired) electrons. The van der Waals surface area contributed by atoms with Gasteiger partial charge in [-0.15, -0.1) is 0 Å². The largest absolute Gasteiger partial charge is 0.388 e. The minimum absolute atomic E-state index is 0.147. The predicted molar refractivity (Wildman–Crippen MR) is 80.2 cm³/mol. The third-order valence-corrected chi connectivity index (χ3v) is 3.81. The highest BCUT2D eigenvalue weighted by molar-refractivity contribution is 6.04. The van der Waals surface area contributed by atoms with E-state index in [1.165, 1.54) is 0 Å². The minimum Gasteiger partial charge on any atom is -0.388 e. The van der Waals surface area contributed by atoms with Crippen LogP contribution in [0.15, 0.2) is 29.1 Å². The van der Waals surface area contributed by atoms with E-state index in [1.54, 1.807) is 24.3 Å². The van der Waals surface area contributed by atoms with Crippen LogP contribution in [0.25, 0.3) is 10.8 Å². The van der Waals surface area contributed by atoms with E-state index in [1.807, 2.05) is 13.8 Å². The van der Waals surface area contributed by atoms with E-state index >= 15 is 0 Å². The molecule has 0 spiro atoms. The van der Waals surface area contributed by atoms with Gasteiger partial charge in [-0.2, -0.15) is 5.10 Å².